The number of carbonyl (C=O) groups excluding carboxylic acids is 2. The molecule has 1 heterocycles. The molecule has 0 aliphatic rings. The molecule has 29 heavy (non-hydrogen) atoms. The minimum absolute atomic E-state index is 0.371. The third kappa shape index (κ3) is 4.11. The first-order chi connectivity index (χ1) is 14.1. The molecular weight excluding hydrogens is 366 g/mol. The Hall–Kier alpha value is -4.06. The Bertz CT molecular complexity index is 1150. The highest BCUT2D eigenvalue weighted by atomic mass is 16.5. The lowest BCUT2D eigenvalue weighted by Crippen LogP contribution is -2.19. The molecule has 0 fully saturated rings. The number of H-pyrrole nitrogens is 1. The van der Waals surface area contributed by atoms with Crippen LogP contribution in [0.15, 0.2) is 78.9 Å². The fourth-order valence-corrected chi connectivity index (χ4v) is 3.09. The number of para-hydroxylation sites is 1. The Morgan fingerprint density at radius 1 is 0.828 bits per heavy atom. The zero-order valence-corrected chi connectivity index (χ0v) is 15.7. The topological polar surface area (TPSA) is 83.2 Å². The number of anilines is 2. The maximum atomic E-state index is 12.3. The van der Waals surface area contributed by atoms with Gasteiger partial charge in [-0.25, -0.2) is 9.59 Å². The lowest BCUT2D eigenvalue weighted by atomic mass is 10.1. The van der Waals surface area contributed by atoms with Gasteiger partial charge in [0.05, 0.1) is 12.7 Å². The minimum atomic E-state index is -0.421. The van der Waals surface area contributed by atoms with Crippen molar-refractivity contribution in [3.63, 3.8) is 0 Å². The second-order valence-electron chi connectivity index (χ2n) is 6.50. The third-order valence-corrected chi connectivity index (χ3v) is 4.53. The summed E-state index contributed by atoms with van der Waals surface area (Å²) < 4.78 is 4.66. The van der Waals surface area contributed by atoms with E-state index in [0.717, 1.165) is 22.2 Å². The van der Waals surface area contributed by atoms with Gasteiger partial charge in [0.25, 0.3) is 0 Å². The van der Waals surface area contributed by atoms with Crippen molar-refractivity contribution in [2.75, 3.05) is 17.7 Å². The van der Waals surface area contributed by atoms with E-state index in [1.54, 1.807) is 24.3 Å². The van der Waals surface area contributed by atoms with Crippen LogP contribution in [0.25, 0.3) is 22.2 Å². The molecule has 3 N–H and O–H groups in total. The van der Waals surface area contributed by atoms with E-state index in [2.05, 4.69) is 32.5 Å². The van der Waals surface area contributed by atoms with E-state index in [9.17, 15) is 9.59 Å². The number of aromatic nitrogens is 1. The summed E-state index contributed by atoms with van der Waals surface area (Å²) in [6, 6.07) is 23.9. The van der Waals surface area contributed by atoms with Crippen molar-refractivity contribution in [3.8, 4) is 11.3 Å². The van der Waals surface area contributed by atoms with E-state index in [4.69, 9.17) is 0 Å². The van der Waals surface area contributed by atoms with Crippen LogP contribution in [-0.4, -0.2) is 24.1 Å². The first kappa shape index (κ1) is 18.3. The van der Waals surface area contributed by atoms with E-state index >= 15 is 0 Å². The van der Waals surface area contributed by atoms with E-state index < -0.39 is 5.97 Å². The van der Waals surface area contributed by atoms with Gasteiger partial charge in [0.15, 0.2) is 0 Å². The molecule has 6 nitrogen and oxygen atoms in total. The van der Waals surface area contributed by atoms with Gasteiger partial charge in [0, 0.05) is 33.5 Å². The number of esters is 1. The van der Waals surface area contributed by atoms with Crippen LogP contribution in [0.2, 0.25) is 0 Å². The van der Waals surface area contributed by atoms with Crippen LogP contribution >= 0.6 is 0 Å². The van der Waals surface area contributed by atoms with Crippen molar-refractivity contribution in [3.05, 3.63) is 84.4 Å². The number of amides is 2. The number of aromatic amines is 1. The molecule has 0 atom stereocenters. The molecule has 0 spiro atoms. The number of benzene rings is 3. The zero-order chi connectivity index (χ0) is 20.2. The Labute approximate surface area is 167 Å². The van der Waals surface area contributed by atoms with E-state index in [-0.39, 0.29) is 6.03 Å². The molecule has 0 aliphatic heterocycles. The molecule has 0 bridgehead atoms. The van der Waals surface area contributed by atoms with Crippen molar-refractivity contribution in [1.29, 1.82) is 0 Å². The molecule has 0 saturated heterocycles. The summed E-state index contributed by atoms with van der Waals surface area (Å²) in [4.78, 5) is 27.2. The number of rotatable bonds is 4. The van der Waals surface area contributed by atoms with Crippen molar-refractivity contribution in [2.45, 2.75) is 0 Å². The standard InChI is InChI=1S/C23H19N3O3/c1-29-22(27)15-9-11-18(12-10-15)24-23(28)25-19-7-4-6-16(13-19)21-14-17-5-2-3-8-20(17)26-21/h2-14,26H,1H3,(H2,24,25,28). The Morgan fingerprint density at radius 2 is 1.59 bits per heavy atom. The highest BCUT2D eigenvalue weighted by molar-refractivity contribution is 6.00. The van der Waals surface area contributed by atoms with Gasteiger partial charge in [-0.15, -0.1) is 0 Å². The van der Waals surface area contributed by atoms with Crippen LogP contribution in [0.5, 0.6) is 0 Å². The average molecular weight is 385 g/mol. The first-order valence-corrected chi connectivity index (χ1v) is 9.07. The molecule has 0 unspecified atom stereocenters. The molecule has 4 rings (SSSR count). The van der Waals surface area contributed by atoms with Crippen molar-refractivity contribution >= 4 is 34.3 Å². The SMILES string of the molecule is COC(=O)c1ccc(NC(=O)Nc2cccc(-c3cc4ccccc4[nH]3)c2)cc1. The quantitative estimate of drug-likeness (QED) is 0.419. The van der Waals surface area contributed by atoms with Crippen LogP contribution in [0.1, 0.15) is 10.4 Å². The van der Waals surface area contributed by atoms with Crippen LogP contribution < -0.4 is 10.6 Å². The molecule has 4 aromatic rings. The average Bonchev–Trinajstić information content (AvgIpc) is 3.18. The molecule has 2 amide bonds. The molecule has 0 aliphatic carbocycles. The number of hydrogen-bond acceptors (Lipinski definition) is 3. The van der Waals surface area contributed by atoms with E-state index in [1.165, 1.54) is 7.11 Å². The van der Waals surface area contributed by atoms with E-state index in [0.29, 0.717) is 16.9 Å². The van der Waals surface area contributed by atoms with Crippen LogP contribution in [-0.2, 0) is 4.74 Å². The normalized spacial score (nSPS) is 10.5. The lowest BCUT2D eigenvalue weighted by Gasteiger charge is -2.09. The molecule has 144 valence electrons. The maximum absolute atomic E-state index is 12.3. The van der Waals surface area contributed by atoms with Gasteiger partial charge in [0.2, 0.25) is 0 Å². The molecular formula is C23H19N3O3. The van der Waals surface area contributed by atoms with Gasteiger partial charge in [0.1, 0.15) is 0 Å². The number of nitrogens with one attached hydrogen (secondary N) is 3. The van der Waals surface area contributed by atoms with Gasteiger partial charge in [-0.2, -0.15) is 0 Å². The largest absolute Gasteiger partial charge is 0.465 e. The van der Waals surface area contributed by atoms with Crippen LogP contribution in [0.3, 0.4) is 0 Å². The minimum Gasteiger partial charge on any atom is -0.465 e. The van der Waals surface area contributed by atoms with Gasteiger partial charge in [-0.1, -0.05) is 30.3 Å². The summed E-state index contributed by atoms with van der Waals surface area (Å²) >= 11 is 0. The van der Waals surface area contributed by atoms with Gasteiger partial charge in [-0.3, -0.25) is 0 Å². The second-order valence-corrected chi connectivity index (χ2v) is 6.50. The fourth-order valence-electron chi connectivity index (χ4n) is 3.09. The predicted molar refractivity (Wildman–Crippen MR) is 114 cm³/mol. The fraction of sp³-hybridized carbons (Fsp3) is 0.0435. The molecule has 0 saturated carbocycles. The lowest BCUT2D eigenvalue weighted by molar-refractivity contribution is 0.0600. The number of ether oxygens (including phenoxy) is 1. The highest BCUT2D eigenvalue weighted by Gasteiger charge is 2.08. The number of hydrogen-bond donors (Lipinski definition) is 3. The van der Waals surface area contributed by atoms with Gasteiger partial charge < -0.3 is 20.4 Å². The Morgan fingerprint density at radius 3 is 2.34 bits per heavy atom. The van der Waals surface area contributed by atoms with Crippen molar-refractivity contribution < 1.29 is 14.3 Å². The van der Waals surface area contributed by atoms with Crippen LogP contribution in [0, 0.1) is 0 Å². The molecule has 6 heteroatoms. The highest BCUT2D eigenvalue weighted by Crippen LogP contribution is 2.26. The summed E-state index contributed by atoms with van der Waals surface area (Å²) in [7, 11) is 1.33. The smallest absolute Gasteiger partial charge is 0.337 e. The number of fused-ring (bicyclic) bond motifs is 1. The van der Waals surface area contributed by atoms with Gasteiger partial charge in [-0.05, 0) is 48.5 Å². The third-order valence-electron chi connectivity index (χ3n) is 4.53. The Kier molecular flexibility index (Phi) is 4.99. The summed E-state index contributed by atoms with van der Waals surface area (Å²) in [5.41, 5.74) is 4.68. The number of urea groups is 1. The Balaban J connectivity index is 1.46. The second kappa shape index (κ2) is 7.90. The van der Waals surface area contributed by atoms with Crippen LogP contribution in [0.4, 0.5) is 16.2 Å². The maximum Gasteiger partial charge on any atom is 0.337 e. The summed E-state index contributed by atoms with van der Waals surface area (Å²) in [5, 5.41) is 6.71. The van der Waals surface area contributed by atoms with Crippen molar-refractivity contribution in [1.82, 2.24) is 4.98 Å². The van der Waals surface area contributed by atoms with Crippen molar-refractivity contribution in [2.24, 2.45) is 0 Å². The first-order valence-electron chi connectivity index (χ1n) is 9.07. The zero-order valence-electron chi connectivity index (χ0n) is 15.7. The van der Waals surface area contributed by atoms with Gasteiger partial charge >= 0.3 is 12.0 Å². The number of methoxy groups -OCH3 is 1. The molecule has 0 radical (unpaired) electrons. The van der Waals surface area contributed by atoms with E-state index in [1.807, 2.05) is 42.5 Å². The summed E-state index contributed by atoms with van der Waals surface area (Å²) in [6.45, 7) is 0. The summed E-state index contributed by atoms with van der Waals surface area (Å²) in [6.07, 6.45) is 0. The monoisotopic (exact) mass is 385 g/mol. The molecule has 3 aromatic carbocycles. The molecule has 1 aromatic heterocycles. The number of carbonyl (C=O) groups is 2. The summed E-state index contributed by atoms with van der Waals surface area (Å²) in [5.74, 6) is -0.421. The predicted octanol–water partition coefficient (Wildman–Crippen LogP) is 5.27.